The monoisotopic (exact) mass is 422 g/mol. The fourth-order valence-corrected chi connectivity index (χ4v) is 4.46. The van der Waals surface area contributed by atoms with E-state index in [1.54, 1.807) is 0 Å². The lowest BCUT2D eigenvalue weighted by Crippen LogP contribution is -2.42. The number of amides is 2. The summed E-state index contributed by atoms with van der Waals surface area (Å²) < 4.78 is 31.6. The van der Waals surface area contributed by atoms with Crippen LogP contribution in [0.1, 0.15) is 25.7 Å². The molecule has 10 nitrogen and oxygen atoms in total. The molecule has 3 N–H and O–H groups in total. The Morgan fingerprint density at radius 2 is 1.76 bits per heavy atom. The first kappa shape index (κ1) is 20.8. The van der Waals surface area contributed by atoms with E-state index in [1.165, 1.54) is 34.6 Å². The number of carbonyl (C=O) groups is 3. The number of nitrogens with zero attached hydrogens (tertiary/aromatic N) is 1. The predicted molar refractivity (Wildman–Crippen MR) is 103 cm³/mol. The molecule has 29 heavy (non-hydrogen) atoms. The van der Waals surface area contributed by atoms with E-state index in [0.29, 0.717) is 18.8 Å². The molecule has 2 aliphatic heterocycles. The number of ether oxygens (including phenoxy) is 1. The van der Waals surface area contributed by atoms with Crippen LogP contribution in [0.25, 0.3) is 0 Å². The molecule has 2 aliphatic rings. The van der Waals surface area contributed by atoms with E-state index >= 15 is 0 Å². The van der Waals surface area contributed by atoms with Gasteiger partial charge in [-0.3, -0.25) is 20.4 Å². The van der Waals surface area contributed by atoms with E-state index in [9.17, 15) is 22.8 Å². The minimum absolute atomic E-state index is 0.0380. The molecule has 0 atom stereocenters. The highest BCUT2D eigenvalue weighted by atomic mass is 32.2. The highest BCUT2D eigenvalue weighted by molar-refractivity contribution is 7.89. The van der Waals surface area contributed by atoms with E-state index in [2.05, 4.69) is 16.2 Å². The normalized spacial score (nSPS) is 17.5. The lowest BCUT2D eigenvalue weighted by molar-refractivity contribution is -0.144. The van der Waals surface area contributed by atoms with Gasteiger partial charge in [-0.25, -0.2) is 13.2 Å². The summed E-state index contributed by atoms with van der Waals surface area (Å²) in [5.41, 5.74) is 5.08. The Labute approximate surface area is 168 Å². The molecule has 0 bridgehead atoms. The van der Waals surface area contributed by atoms with Crippen molar-refractivity contribution in [2.24, 2.45) is 0 Å². The number of rotatable bonds is 6. The zero-order valence-corrected chi connectivity index (χ0v) is 16.5. The molecule has 0 aromatic heterocycles. The quantitative estimate of drug-likeness (QED) is 0.560. The van der Waals surface area contributed by atoms with Crippen LogP contribution in [0.2, 0.25) is 0 Å². The number of carbonyl (C=O) groups excluding carboxylic acids is 3. The second-order valence-electron chi connectivity index (χ2n) is 6.61. The molecule has 3 rings (SSSR count). The van der Waals surface area contributed by atoms with E-state index in [-0.39, 0.29) is 22.9 Å². The number of piperidine rings is 1. The summed E-state index contributed by atoms with van der Waals surface area (Å²) in [5, 5.41) is 2.53. The minimum Gasteiger partial charge on any atom is -0.451 e. The summed E-state index contributed by atoms with van der Waals surface area (Å²) in [4.78, 5) is 34.9. The third-order valence-corrected chi connectivity index (χ3v) is 6.39. The average Bonchev–Trinajstić information content (AvgIpc) is 2.73. The number of hydrogen-bond donors (Lipinski definition) is 3. The Morgan fingerprint density at radius 3 is 2.38 bits per heavy atom. The third kappa shape index (κ3) is 5.33. The van der Waals surface area contributed by atoms with Crippen LogP contribution in [0.5, 0.6) is 0 Å². The Balaban J connectivity index is 1.52. The summed E-state index contributed by atoms with van der Waals surface area (Å²) in [6.07, 6.45) is 4.14. The molecule has 1 aromatic rings. The molecule has 1 fully saturated rings. The fraction of sp³-hybridized carbons (Fsp3) is 0.389. The standard InChI is InChI=1S/C18H22N4O6S/c23-16-9-8-15(20-21-16)18(25)28-12-17(24)19-13-4-6-14(7-5-13)29(26,27)22-10-2-1-3-11-22/h4-8,20H,1-3,9-12H2,(H,19,24)(H,21,23). The van der Waals surface area contributed by atoms with Gasteiger partial charge in [0.1, 0.15) is 5.70 Å². The van der Waals surface area contributed by atoms with Gasteiger partial charge in [0, 0.05) is 25.2 Å². The van der Waals surface area contributed by atoms with Crippen molar-refractivity contribution in [2.75, 3.05) is 25.0 Å². The van der Waals surface area contributed by atoms with Gasteiger partial charge in [0.15, 0.2) is 6.61 Å². The molecule has 0 spiro atoms. The van der Waals surface area contributed by atoms with E-state index < -0.39 is 28.5 Å². The highest BCUT2D eigenvalue weighted by Crippen LogP contribution is 2.22. The first-order chi connectivity index (χ1) is 13.9. The number of esters is 1. The smallest absolute Gasteiger partial charge is 0.356 e. The molecule has 1 saturated heterocycles. The van der Waals surface area contributed by atoms with Gasteiger partial charge in [0.25, 0.3) is 5.91 Å². The van der Waals surface area contributed by atoms with Crippen molar-refractivity contribution in [3.8, 4) is 0 Å². The number of sulfonamides is 1. The van der Waals surface area contributed by atoms with Gasteiger partial charge in [-0.1, -0.05) is 6.42 Å². The maximum atomic E-state index is 12.6. The number of hydrazine groups is 1. The van der Waals surface area contributed by atoms with Crippen LogP contribution in [0, 0.1) is 0 Å². The summed E-state index contributed by atoms with van der Waals surface area (Å²) in [6, 6.07) is 5.84. The van der Waals surface area contributed by atoms with Crippen molar-refractivity contribution >= 4 is 33.5 Å². The second-order valence-corrected chi connectivity index (χ2v) is 8.55. The van der Waals surface area contributed by atoms with Gasteiger partial charge >= 0.3 is 5.97 Å². The zero-order chi connectivity index (χ0) is 20.9. The van der Waals surface area contributed by atoms with Gasteiger partial charge < -0.3 is 10.1 Å². The zero-order valence-electron chi connectivity index (χ0n) is 15.6. The number of anilines is 1. The molecule has 2 amide bonds. The topological polar surface area (TPSA) is 134 Å². The Bertz CT molecular complexity index is 920. The van der Waals surface area contributed by atoms with Gasteiger partial charge in [0.05, 0.1) is 4.90 Å². The predicted octanol–water partition coefficient (Wildman–Crippen LogP) is 0.251. The third-order valence-electron chi connectivity index (χ3n) is 4.47. The van der Waals surface area contributed by atoms with Crippen molar-refractivity contribution in [1.29, 1.82) is 0 Å². The van der Waals surface area contributed by atoms with E-state index in [1.807, 2.05) is 0 Å². The second kappa shape index (κ2) is 9.05. The fourth-order valence-electron chi connectivity index (χ4n) is 2.94. The minimum atomic E-state index is -3.54. The summed E-state index contributed by atoms with van der Waals surface area (Å²) in [5.74, 6) is -1.64. The van der Waals surface area contributed by atoms with Crippen LogP contribution < -0.4 is 16.2 Å². The summed E-state index contributed by atoms with van der Waals surface area (Å²) >= 11 is 0. The van der Waals surface area contributed by atoms with Crippen molar-refractivity contribution in [1.82, 2.24) is 15.2 Å². The SMILES string of the molecule is O=C1CC=C(C(=O)OCC(=O)Nc2ccc(S(=O)(=O)N3CCCCC3)cc2)NN1. The van der Waals surface area contributed by atoms with E-state index in [4.69, 9.17) is 4.74 Å². The van der Waals surface area contributed by atoms with Crippen molar-refractivity contribution < 1.29 is 27.5 Å². The molecule has 156 valence electrons. The van der Waals surface area contributed by atoms with Gasteiger partial charge in [0.2, 0.25) is 15.9 Å². The summed E-state index contributed by atoms with van der Waals surface area (Å²) in [7, 11) is -3.54. The number of benzene rings is 1. The van der Waals surface area contributed by atoms with Crippen molar-refractivity contribution in [2.45, 2.75) is 30.6 Å². The maximum absolute atomic E-state index is 12.6. The van der Waals surface area contributed by atoms with Crippen LogP contribution in [0.15, 0.2) is 40.9 Å². The van der Waals surface area contributed by atoms with Crippen LogP contribution in [0.4, 0.5) is 5.69 Å². The lowest BCUT2D eigenvalue weighted by Gasteiger charge is -2.25. The molecule has 2 heterocycles. The maximum Gasteiger partial charge on any atom is 0.356 e. The molecular weight excluding hydrogens is 400 g/mol. The van der Waals surface area contributed by atoms with Crippen LogP contribution >= 0.6 is 0 Å². The van der Waals surface area contributed by atoms with Crippen molar-refractivity contribution in [3.63, 3.8) is 0 Å². The van der Waals surface area contributed by atoms with Crippen molar-refractivity contribution in [3.05, 3.63) is 36.0 Å². The molecule has 1 aromatic carbocycles. The van der Waals surface area contributed by atoms with Crippen LogP contribution in [-0.2, 0) is 29.1 Å². The van der Waals surface area contributed by atoms with Gasteiger partial charge in [-0.05, 0) is 43.2 Å². The summed E-state index contributed by atoms with van der Waals surface area (Å²) in [6.45, 7) is 0.502. The molecule has 11 heteroatoms. The van der Waals surface area contributed by atoms with Gasteiger partial charge in [-0.15, -0.1) is 0 Å². The molecule has 0 aliphatic carbocycles. The first-order valence-corrected chi connectivity index (χ1v) is 10.6. The van der Waals surface area contributed by atoms with Gasteiger partial charge in [-0.2, -0.15) is 4.31 Å². The van der Waals surface area contributed by atoms with Crippen LogP contribution in [-0.4, -0.2) is 50.2 Å². The Hall–Kier alpha value is -2.92. The number of hydrogen-bond acceptors (Lipinski definition) is 7. The highest BCUT2D eigenvalue weighted by Gasteiger charge is 2.25. The largest absolute Gasteiger partial charge is 0.451 e. The van der Waals surface area contributed by atoms with E-state index in [0.717, 1.165) is 19.3 Å². The first-order valence-electron chi connectivity index (χ1n) is 9.18. The van der Waals surface area contributed by atoms with Crippen LogP contribution in [0.3, 0.4) is 0 Å². The lowest BCUT2D eigenvalue weighted by atomic mass is 10.2. The Kier molecular flexibility index (Phi) is 6.49. The molecule has 0 saturated carbocycles. The molecule has 0 unspecified atom stereocenters. The molecular formula is C18H22N4O6S. The molecule has 0 radical (unpaired) electrons. The Morgan fingerprint density at radius 1 is 1.07 bits per heavy atom. The average molecular weight is 422 g/mol. The number of nitrogens with one attached hydrogen (secondary N) is 3.